The first kappa shape index (κ1) is 16.7. The van der Waals surface area contributed by atoms with E-state index in [1.807, 2.05) is 57.4 Å². The normalized spacial score (nSPS) is 11.1. The number of rotatable bonds is 3. The summed E-state index contributed by atoms with van der Waals surface area (Å²) in [5, 5.41) is 0. The van der Waals surface area contributed by atoms with Crippen LogP contribution in [0.1, 0.15) is 31.9 Å². The van der Waals surface area contributed by atoms with Gasteiger partial charge in [-0.1, -0.05) is 38.1 Å². The van der Waals surface area contributed by atoms with Gasteiger partial charge < -0.3 is 5.73 Å². The summed E-state index contributed by atoms with van der Waals surface area (Å²) in [7, 11) is 0. The number of allylic oxidation sites excluding steroid dienone is 3. The van der Waals surface area contributed by atoms with E-state index < -0.39 is 0 Å². The molecule has 2 nitrogen and oxygen atoms in total. The van der Waals surface area contributed by atoms with Gasteiger partial charge in [-0.05, 0) is 59.9 Å². The standard InChI is InChI=1S/C17H18N2.C2H6/c1-3-4-15(12-18)17-10-13(2)9-16(11-17)14-5-7-19-8-6-14;1-2/h3-12H,18H2,1-2H3;1-2H3/b4-3-,15-12+;. The molecule has 0 saturated heterocycles. The van der Waals surface area contributed by atoms with Crippen LogP contribution in [-0.4, -0.2) is 4.98 Å². The minimum Gasteiger partial charge on any atom is -0.404 e. The van der Waals surface area contributed by atoms with Gasteiger partial charge in [0.15, 0.2) is 0 Å². The largest absolute Gasteiger partial charge is 0.404 e. The molecule has 2 N–H and O–H groups in total. The number of nitrogens with zero attached hydrogens (tertiary/aromatic N) is 1. The number of aromatic nitrogens is 1. The first-order valence-corrected chi connectivity index (χ1v) is 7.31. The Morgan fingerprint density at radius 1 is 1.05 bits per heavy atom. The molecule has 2 heteroatoms. The molecule has 110 valence electrons. The molecule has 1 aromatic heterocycles. The van der Waals surface area contributed by atoms with Crippen LogP contribution in [0.3, 0.4) is 0 Å². The molecule has 2 aromatic rings. The van der Waals surface area contributed by atoms with E-state index in [0.717, 1.165) is 16.7 Å². The monoisotopic (exact) mass is 280 g/mol. The fourth-order valence-corrected chi connectivity index (χ4v) is 2.09. The van der Waals surface area contributed by atoms with E-state index in [1.54, 1.807) is 6.20 Å². The molecule has 0 fully saturated rings. The molecule has 0 amide bonds. The average Bonchev–Trinajstić information content (AvgIpc) is 2.54. The highest BCUT2D eigenvalue weighted by Gasteiger charge is 2.03. The van der Waals surface area contributed by atoms with E-state index in [1.165, 1.54) is 11.1 Å². The van der Waals surface area contributed by atoms with Gasteiger partial charge in [-0.3, -0.25) is 4.98 Å². The first-order valence-electron chi connectivity index (χ1n) is 7.31. The molecule has 0 aliphatic carbocycles. The van der Waals surface area contributed by atoms with Crippen molar-refractivity contribution in [3.63, 3.8) is 0 Å². The van der Waals surface area contributed by atoms with Gasteiger partial charge >= 0.3 is 0 Å². The fraction of sp³-hybridized carbons (Fsp3) is 0.211. The molecule has 21 heavy (non-hydrogen) atoms. The van der Waals surface area contributed by atoms with Gasteiger partial charge in [0.1, 0.15) is 0 Å². The summed E-state index contributed by atoms with van der Waals surface area (Å²) in [4.78, 5) is 4.05. The SMILES string of the molecule is C/C=C\C(=C/N)c1cc(C)cc(-c2ccncc2)c1.CC. The summed E-state index contributed by atoms with van der Waals surface area (Å²) in [6, 6.07) is 10.5. The van der Waals surface area contributed by atoms with Gasteiger partial charge in [0.25, 0.3) is 0 Å². The van der Waals surface area contributed by atoms with E-state index in [-0.39, 0.29) is 0 Å². The van der Waals surface area contributed by atoms with Crippen LogP contribution in [0.15, 0.2) is 61.1 Å². The third-order valence-electron chi connectivity index (χ3n) is 2.95. The Morgan fingerprint density at radius 3 is 2.29 bits per heavy atom. The van der Waals surface area contributed by atoms with Crippen LogP contribution in [0.4, 0.5) is 0 Å². The zero-order valence-corrected chi connectivity index (χ0v) is 13.3. The zero-order chi connectivity index (χ0) is 15.7. The van der Waals surface area contributed by atoms with Gasteiger partial charge in [-0.15, -0.1) is 0 Å². The number of benzene rings is 1. The summed E-state index contributed by atoms with van der Waals surface area (Å²) in [5.41, 5.74) is 11.4. The van der Waals surface area contributed by atoms with Crippen molar-refractivity contribution in [1.82, 2.24) is 4.98 Å². The van der Waals surface area contributed by atoms with Crippen molar-refractivity contribution in [2.24, 2.45) is 5.73 Å². The van der Waals surface area contributed by atoms with Crippen molar-refractivity contribution < 1.29 is 0 Å². The molecule has 0 unspecified atom stereocenters. The smallest absolute Gasteiger partial charge is 0.0273 e. The zero-order valence-electron chi connectivity index (χ0n) is 13.3. The molecule has 0 saturated carbocycles. The minimum atomic E-state index is 1.03. The highest BCUT2D eigenvalue weighted by atomic mass is 14.6. The highest BCUT2D eigenvalue weighted by molar-refractivity contribution is 5.78. The molecular weight excluding hydrogens is 256 g/mol. The summed E-state index contributed by atoms with van der Waals surface area (Å²) < 4.78 is 0. The van der Waals surface area contributed by atoms with Crippen molar-refractivity contribution in [2.75, 3.05) is 0 Å². The first-order chi connectivity index (χ1) is 10.2. The van der Waals surface area contributed by atoms with Crippen LogP contribution in [0.25, 0.3) is 16.7 Å². The summed E-state index contributed by atoms with van der Waals surface area (Å²) in [6.07, 6.45) is 9.27. The average molecular weight is 280 g/mol. The molecule has 0 radical (unpaired) electrons. The predicted octanol–water partition coefficient (Wildman–Crippen LogP) is 4.96. The van der Waals surface area contributed by atoms with Crippen molar-refractivity contribution in [1.29, 1.82) is 0 Å². The molecular formula is C19H24N2. The Kier molecular flexibility index (Phi) is 6.96. The number of aryl methyl sites for hydroxylation is 1. The number of pyridine rings is 1. The topological polar surface area (TPSA) is 38.9 Å². The Morgan fingerprint density at radius 2 is 1.71 bits per heavy atom. The molecule has 2 rings (SSSR count). The van der Waals surface area contributed by atoms with E-state index in [9.17, 15) is 0 Å². The second-order valence-electron chi connectivity index (χ2n) is 4.45. The lowest BCUT2D eigenvalue weighted by Gasteiger charge is -2.08. The van der Waals surface area contributed by atoms with Crippen molar-refractivity contribution >= 4 is 5.57 Å². The molecule has 0 aliphatic heterocycles. The molecule has 0 atom stereocenters. The van der Waals surface area contributed by atoms with Crippen LogP contribution < -0.4 is 5.73 Å². The quantitative estimate of drug-likeness (QED) is 0.807. The van der Waals surface area contributed by atoms with E-state index in [0.29, 0.717) is 0 Å². The van der Waals surface area contributed by atoms with Crippen molar-refractivity contribution in [2.45, 2.75) is 27.7 Å². The summed E-state index contributed by atoms with van der Waals surface area (Å²) >= 11 is 0. The van der Waals surface area contributed by atoms with E-state index in [2.05, 4.69) is 30.1 Å². The fourth-order valence-electron chi connectivity index (χ4n) is 2.09. The third-order valence-corrected chi connectivity index (χ3v) is 2.95. The Bertz CT molecular complexity index is 611. The summed E-state index contributed by atoms with van der Waals surface area (Å²) in [6.45, 7) is 8.08. The summed E-state index contributed by atoms with van der Waals surface area (Å²) in [5.74, 6) is 0. The van der Waals surface area contributed by atoms with E-state index in [4.69, 9.17) is 5.73 Å². The number of hydrogen-bond acceptors (Lipinski definition) is 2. The van der Waals surface area contributed by atoms with Crippen LogP contribution in [0.2, 0.25) is 0 Å². The van der Waals surface area contributed by atoms with Gasteiger partial charge in [0.2, 0.25) is 0 Å². The highest BCUT2D eigenvalue weighted by Crippen LogP contribution is 2.25. The van der Waals surface area contributed by atoms with Crippen LogP contribution in [0.5, 0.6) is 0 Å². The van der Waals surface area contributed by atoms with Crippen LogP contribution in [-0.2, 0) is 0 Å². The second-order valence-corrected chi connectivity index (χ2v) is 4.45. The molecule has 0 bridgehead atoms. The van der Waals surface area contributed by atoms with Crippen LogP contribution in [0, 0.1) is 6.92 Å². The Balaban J connectivity index is 0.00000106. The van der Waals surface area contributed by atoms with Gasteiger partial charge in [-0.25, -0.2) is 0 Å². The van der Waals surface area contributed by atoms with E-state index >= 15 is 0 Å². The van der Waals surface area contributed by atoms with Crippen LogP contribution >= 0.6 is 0 Å². The molecule has 1 aromatic carbocycles. The predicted molar refractivity (Wildman–Crippen MR) is 92.7 cm³/mol. The lowest BCUT2D eigenvalue weighted by Crippen LogP contribution is -1.90. The van der Waals surface area contributed by atoms with Gasteiger partial charge in [-0.2, -0.15) is 0 Å². The van der Waals surface area contributed by atoms with Crippen molar-refractivity contribution in [3.05, 3.63) is 72.2 Å². The lowest BCUT2D eigenvalue weighted by molar-refractivity contribution is 1.33. The second kappa shape index (κ2) is 8.75. The molecule has 1 heterocycles. The van der Waals surface area contributed by atoms with Gasteiger partial charge in [0.05, 0.1) is 0 Å². The maximum Gasteiger partial charge on any atom is 0.0273 e. The Labute approximate surface area is 128 Å². The minimum absolute atomic E-state index is 1.03. The maximum absolute atomic E-state index is 5.71. The Hall–Kier alpha value is -2.35. The molecule has 0 spiro atoms. The molecule has 0 aliphatic rings. The maximum atomic E-state index is 5.71. The third kappa shape index (κ3) is 4.60. The van der Waals surface area contributed by atoms with Gasteiger partial charge in [0, 0.05) is 18.6 Å². The van der Waals surface area contributed by atoms with Crippen molar-refractivity contribution in [3.8, 4) is 11.1 Å². The lowest BCUT2D eigenvalue weighted by atomic mass is 9.97. The number of hydrogen-bond donors (Lipinski definition) is 1. The number of nitrogens with two attached hydrogens (primary N) is 1.